The predicted octanol–water partition coefficient (Wildman–Crippen LogP) is 1.60. The molecule has 15 heavy (non-hydrogen) atoms. The Morgan fingerprint density at radius 2 is 2.27 bits per heavy atom. The summed E-state index contributed by atoms with van der Waals surface area (Å²) in [5, 5.41) is 4.22. The van der Waals surface area contributed by atoms with E-state index in [1.54, 1.807) is 6.33 Å². The van der Waals surface area contributed by atoms with Crippen molar-refractivity contribution in [1.29, 1.82) is 0 Å². The highest BCUT2D eigenvalue weighted by Crippen LogP contribution is 2.03. The summed E-state index contributed by atoms with van der Waals surface area (Å²) in [5.74, 6) is 2.24. The van der Waals surface area contributed by atoms with E-state index in [-0.39, 0.29) is 0 Å². The summed E-state index contributed by atoms with van der Waals surface area (Å²) in [6.07, 6.45) is 1.62. The van der Waals surface area contributed by atoms with Crippen LogP contribution in [-0.4, -0.2) is 39.1 Å². The summed E-state index contributed by atoms with van der Waals surface area (Å²) < 4.78 is 1.97. The van der Waals surface area contributed by atoms with Crippen molar-refractivity contribution in [3.8, 4) is 0 Å². The van der Waals surface area contributed by atoms with Gasteiger partial charge in [0.2, 0.25) is 0 Å². The Labute approximate surface area is 96.2 Å². The molecule has 0 aromatic carbocycles. The van der Waals surface area contributed by atoms with Crippen LogP contribution in [0.25, 0.3) is 0 Å². The molecule has 0 amide bonds. The monoisotopic (exact) mass is 230 g/mol. The number of rotatable bonds is 6. The molecule has 0 bridgehead atoms. The average Bonchev–Trinajstić information content (AvgIpc) is 2.52. The first-order chi connectivity index (χ1) is 7.13. The average molecular weight is 231 g/mol. The van der Waals surface area contributed by atoms with Crippen LogP contribution in [0.15, 0.2) is 6.33 Å². The minimum Gasteiger partial charge on any atom is -0.298 e. The molecule has 1 rings (SSSR count). The van der Waals surface area contributed by atoms with Gasteiger partial charge >= 0.3 is 0 Å². The largest absolute Gasteiger partial charge is 0.298 e. The fourth-order valence-electron chi connectivity index (χ4n) is 1.37. The van der Waals surface area contributed by atoms with Crippen LogP contribution in [0.5, 0.6) is 0 Å². The molecule has 0 N–H and O–H groups in total. The highest BCUT2D eigenvalue weighted by molar-refractivity contribution is 6.18. The summed E-state index contributed by atoms with van der Waals surface area (Å²) in [6.45, 7) is 6.95. The highest BCUT2D eigenvalue weighted by Gasteiger charge is 2.08. The molecule has 0 atom stereocenters. The van der Waals surface area contributed by atoms with Crippen LogP contribution in [0.4, 0.5) is 0 Å². The van der Waals surface area contributed by atoms with Gasteiger partial charge in [-0.3, -0.25) is 4.90 Å². The maximum atomic E-state index is 5.68. The molecule has 0 fully saturated rings. The molecule has 5 heteroatoms. The van der Waals surface area contributed by atoms with Crippen LogP contribution in [0.3, 0.4) is 0 Å². The van der Waals surface area contributed by atoms with Crippen molar-refractivity contribution in [2.45, 2.75) is 26.9 Å². The van der Waals surface area contributed by atoms with E-state index in [1.165, 1.54) is 0 Å². The minimum absolute atomic E-state index is 0.587. The van der Waals surface area contributed by atoms with Gasteiger partial charge in [0.25, 0.3) is 0 Å². The van der Waals surface area contributed by atoms with E-state index in [0.29, 0.717) is 11.8 Å². The van der Waals surface area contributed by atoms with Crippen molar-refractivity contribution in [2.24, 2.45) is 5.92 Å². The molecule has 1 heterocycles. The Kier molecular flexibility index (Phi) is 5.05. The van der Waals surface area contributed by atoms with Crippen molar-refractivity contribution < 1.29 is 0 Å². The summed E-state index contributed by atoms with van der Waals surface area (Å²) in [7, 11) is 2.04. The summed E-state index contributed by atoms with van der Waals surface area (Å²) in [4.78, 5) is 6.41. The van der Waals surface area contributed by atoms with Gasteiger partial charge in [-0.1, -0.05) is 13.8 Å². The maximum Gasteiger partial charge on any atom is 0.141 e. The van der Waals surface area contributed by atoms with Crippen LogP contribution in [0, 0.1) is 5.92 Å². The van der Waals surface area contributed by atoms with Gasteiger partial charge in [0, 0.05) is 19.0 Å². The second kappa shape index (κ2) is 6.08. The second-order valence-corrected chi connectivity index (χ2v) is 4.56. The van der Waals surface area contributed by atoms with Crippen molar-refractivity contribution in [2.75, 3.05) is 19.5 Å². The molecule has 0 aliphatic heterocycles. The Morgan fingerprint density at radius 1 is 1.53 bits per heavy atom. The summed E-state index contributed by atoms with van der Waals surface area (Å²) in [6, 6.07) is 0. The molecule has 4 nitrogen and oxygen atoms in total. The molecule has 1 aromatic heterocycles. The van der Waals surface area contributed by atoms with Crippen LogP contribution < -0.4 is 0 Å². The third-order valence-corrected chi connectivity index (χ3v) is 2.28. The lowest BCUT2D eigenvalue weighted by Crippen LogP contribution is -2.23. The Balaban J connectivity index is 2.56. The van der Waals surface area contributed by atoms with Crippen molar-refractivity contribution in [3.05, 3.63) is 12.2 Å². The van der Waals surface area contributed by atoms with Crippen LogP contribution >= 0.6 is 11.6 Å². The van der Waals surface area contributed by atoms with Crippen LogP contribution in [-0.2, 0) is 13.1 Å². The van der Waals surface area contributed by atoms with E-state index in [4.69, 9.17) is 11.6 Å². The quantitative estimate of drug-likeness (QED) is 0.697. The van der Waals surface area contributed by atoms with Gasteiger partial charge in [-0.2, -0.15) is 5.10 Å². The van der Waals surface area contributed by atoms with E-state index in [1.807, 2.05) is 11.7 Å². The van der Waals surface area contributed by atoms with Gasteiger partial charge in [0.1, 0.15) is 12.2 Å². The molecule has 0 saturated carbocycles. The molecule has 0 saturated heterocycles. The molecule has 0 radical (unpaired) electrons. The zero-order chi connectivity index (χ0) is 11.3. The van der Waals surface area contributed by atoms with Crippen LogP contribution in [0.1, 0.15) is 19.7 Å². The molecule has 86 valence electrons. The van der Waals surface area contributed by atoms with Gasteiger partial charge < -0.3 is 0 Å². The zero-order valence-electron chi connectivity index (χ0n) is 9.65. The lowest BCUT2D eigenvalue weighted by atomic mass is 10.2. The number of aromatic nitrogens is 3. The van der Waals surface area contributed by atoms with Gasteiger partial charge in [-0.25, -0.2) is 9.67 Å². The van der Waals surface area contributed by atoms with Gasteiger partial charge in [-0.15, -0.1) is 11.6 Å². The van der Waals surface area contributed by atoms with E-state index >= 15 is 0 Å². The zero-order valence-corrected chi connectivity index (χ0v) is 10.4. The standard InChI is InChI=1S/C10H19ClN4/c1-9(2)6-15-10(12-8-13-15)7-14(3)5-4-11/h8-9H,4-7H2,1-3H3. The number of hydrogen-bond donors (Lipinski definition) is 0. The van der Waals surface area contributed by atoms with Crippen LogP contribution in [0.2, 0.25) is 0 Å². The number of hydrogen-bond acceptors (Lipinski definition) is 3. The van der Waals surface area contributed by atoms with Crippen molar-refractivity contribution >= 4 is 11.6 Å². The van der Waals surface area contributed by atoms with E-state index in [9.17, 15) is 0 Å². The van der Waals surface area contributed by atoms with E-state index in [0.717, 1.165) is 25.5 Å². The lowest BCUT2D eigenvalue weighted by molar-refractivity contribution is 0.323. The van der Waals surface area contributed by atoms with Crippen molar-refractivity contribution in [1.82, 2.24) is 19.7 Å². The molecule has 0 aliphatic carbocycles. The molecular weight excluding hydrogens is 212 g/mol. The van der Waals surface area contributed by atoms with Gasteiger partial charge in [-0.05, 0) is 13.0 Å². The predicted molar refractivity (Wildman–Crippen MR) is 61.9 cm³/mol. The van der Waals surface area contributed by atoms with E-state index in [2.05, 4.69) is 28.8 Å². The topological polar surface area (TPSA) is 34.0 Å². The third-order valence-electron chi connectivity index (χ3n) is 2.11. The summed E-state index contributed by atoms with van der Waals surface area (Å²) >= 11 is 5.68. The molecule has 0 aliphatic rings. The number of nitrogens with zero attached hydrogens (tertiary/aromatic N) is 4. The highest BCUT2D eigenvalue weighted by atomic mass is 35.5. The molecule has 0 unspecified atom stereocenters. The van der Waals surface area contributed by atoms with E-state index < -0.39 is 0 Å². The van der Waals surface area contributed by atoms with Gasteiger partial charge in [0.05, 0.1) is 6.54 Å². The van der Waals surface area contributed by atoms with Crippen molar-refractivity contribution in [3.63, 3.8) is 0 Å². The summed E-state index contributed by atoms with van der Waals surface area (Å²) in [5.41, 5.74) is 0. The third kappa shape index (κ3) is 4.18. The number of halogens is 1. The Bertz CT molecular complexity index is 285. The molecular formula is C10H19ClN4. The lowest BCUT2D eigenvalue weighted by Gasteiger charge is -2.15. The molecule has 1 aromatic rings. The first-order valence-corrected chi connectivity index (χ1v) is 5.78. The van der Waals surface area contributed by atoms with Gasteiger partial charge in [0.15, 0.2) is 0 Å². The minimum atomic E-state index is 0.587. The SMILES string of the molecule is CC(C)Cn1ncnc1CN(C)CCCl. The Hall–Kier alpha value is -0.610. The normalized spacial score (nSPS) is 11.6. The maximum absolute atomic E-state index is 5.68. The fourth-order valence-corrected chi connectivity index (χ4v) is 1.66. The first kappa shape index (κ1) is 12.5. The Morgan fingerprint density at radius 3 is 2.87 bits per heavy atom. The molecule has 0 spiro atoms. The second-order valence-electron chi connectivity index (χ2n) is 4.18. The first-order valence-electron chi connectivity index (χ1n) is 5.24. The smallest absolute Gasteiger partial charge is 0.141 e. The number of alkyl halides is 1. The fraction of sp³-hybridized carbons (Fsp3) is 0.800.